The monoisotopic (exact) mass is 307 g/mol. The molecule has 0 aliphatic carbocycles. The van der Waals surface area contributed by atoms with Gasteiger partial charge in [0.1, 0.15) is 10.4 Å². The average Bonchev–Trinajstić information content (AvgIpc) is 2.95. The third-order valence-electron chi connectivity index (χ3n) is 3.85. The molecule has 0 N–H and O–H groups in total. The van der Waals surface area contributed by atoms with Crippen molar-refractivity contribution in [3.05, 3.63) is 34.8 Å². The molecular formula is C14H18BrN3. The number of aromatic nitrogens is 2. The van der Waals surface area contributed by atoms with Crippen LogP contribution in [0, 0.1) is 0 Å². The van der Waals surface area contributed by atoms with Crippen LogP contribution in [-0.4, -0.2) is 33.4 Å². The largest absolute Gasteiger partial charge is 0.302 e. The summed E-state index contributed by atoms with van der Waals surface area (Å²) >= 11 is 3.56. The van der Waals surface area contributed by atoms with Gasteiger partial charge in [0.05, 0.1) is 5.52 Å². The SMILES string of the molecule is CC(C)N1CCC(c2nc(Br)c3ccccn23)C1. The highest BCUT2D eigenvalue weighted by Gasteiger charge is 2.28. The molecule has 3 rings (SSSR count). The van der Waals surface area contributed by atoms with E-state index in [1.165, 1.54) is 18.8 Å². The van der Waals surface area contributed by atoms with Gasteiger partial charge < -0.3 is 9.30 Å². The van der Waals surface area contributed by atoms with Gasteiger partial charge in [-0.1, -0.05) is 6.07 Å². The Hall–Kier alpha value is -0.870. The Bertz CT molecular complexity index is 561. The van der Waals surface area contributed by atoms with Crippen molar-refractivity contribution in [2.24, 2.45) is 0 Å². The van der Waals surface area contributed by atoms with Crippen molar-refractivity contribution in [1.29, 1.82) is 0 Å². The van der Waals surface area contributed by atoms with Gasteiger partial charge in [0.2, 0.25) is 0 Å². The highest BCUT2D eigenvalue weighted by molar-refractivity contribution is 9.10. The Kier molecular flexibility index (Phi) is 3.16. The topological polar surface area (TPSA) is 20.5 Å². The zero-order valence-corrected chi connectivity index (χ0v) is 12.4. The minimum Gasteiger partial charge on any atom is -0.302 e. The number of hydrogen-bond acceptors (Lipinski definition) is 2. The molecule has 0 saturated carbocycles. The Morgan fingerprint density at radius 1 is 1.39 bits per heavy atom. The number of nitrogens with zero attached hydrogens (tertiary/aromatic N) is 3. The number of fused-ring (bicyclic) bond motifs is 1. The summed E-state index contributed by atoms with van der Waals surface area (Å²) in [5.74, 6) is 1.74. The lowest BCUT2D eigenvalue weighted by Gasteiger charge is -2.19. The second-order valence-electron chi connectivity index (χ2n) is 5.29. The molecule has 1 unspecified atom stereocenters. The summed E-state index contributed by atoms with van der Waals surface area (Å²) in [4.78, 5) is 7.25. The van der Waals surface area contributed by atoms with Crippen LogP contribution in [-0.2, 0) is 0 Å². The van der Waals surface area contributed by atoms with E-state index in [2.05, 4.69) is 63.5 Å². The fourth-order valence-corrected chi connectivity index (χ4v) is 3.28. The first kappa shape index (κ1) is 12.2. The first-order valence-corrected chi connectivity index (χ1v) is 7.32. The van der Waals surface area contributed by atoms with Gasteiger partial charge in [-0.15, -0.1) is 0 Å². The first-order chi connectivity index (χ1) is 8.66. The molecule has 1 aliphatic rings. The van der Waals surface area contributed by atoms with Crippen LogP contribution in [0.1, 0.15) is 32.0 Å². The van der Waals surface area contributed by atoms with E-state index in [0.29, 0.717) is 12.0 Å². The molecule has 1 atom stereocenters. The first-order valence-electron chi connectivity index (χ1n) is 6.53. The van der Waals surface area contributed by atoms with Gasteiger partial charge >= 0.3 is 0 Å². The van der Waals surface area contributed by atoms with Crippen molar-refractivity contribution in [3.8, 4) is 0 Å². The third-order valence-corrected chi connectivity index (χ3v) is 4.43. The molecule has 0 amide bonds. The number of likely N-dealkylation sites (tertiary alicyclic amines) is 1. The van der Waals surface area contributed by atoms with Crippen LogP contribution in [0.15, 0.2) is 29.0 Å². The molecule has 96 valence electrons. The van der Waals surface area contributed by atoms with Crippen molar-refractivity contribution >= 4 is 21.4 Å². The van der Waals surface area contributed by atoms with Crippen LogP contribution in [0.25, 0.3) is 5.52 Å². The van der Waals surface area contributed by atoms with Gasteiger partial charge in [0, 0.05) is 24.7 Å². The van der Waals surface area contributed by atoms with Crippen LogP contribution in [0.4, 0.5) is 0 Å². The Morgan fingerprint density at radius 2 is 2.22 bits per heavy atom. The fraction of sp³-hybridized carbons (Fsp3) is 0.500. The quantitative estimate of drug-likeness (QED) is 0.848. The summed E-state index contributed by atoms with van der Waals surface area (Å²) in [6, 6.07) is 6.86. The second-order valence-corrected chi connectivity index (χ2v) is 6.04. The van der Waals surface area contributed by atoms with Gasteiger partial charge in [-0.3, -0.25) is 0 Å². The number of pyridine rings is 1. The van der Waals surface area contributed by atoms with Gasteiger partial charge in [-0.2, -0.15) is 0 Å². The molecule has 2 aromatic heterocycles. The molecule has 18 heavy (non-hydrogen) atoms. The zero-order chi connectivity index (χ0) is 12.7. The summed E-state index contributed by atoms with van der Waals surface area (Å²) < 4.78 is 3.18. The van der Waals surface area contributed by atoms with E-state index in [1.54, 1.807) is 0 Å². The summed E-state index contributed by atoms with van der Waals surface area (Å²) in [6.45, 7) is 6.84. The van der Waals surface area contributed by atoms with Gasteiger partial charge in [-0.25, -0.2) is 4.98 Å². The Labute approximate surface area is 116 Å². The lowest BCUT2D eigenvalue weighted by molar-refractivity contribution is 0.272. The summed E-state index contributed by atoms with van der Waals surface area (Å²) in [5.41, 5.74) is 1.16. The van der Waals surface area contributed by atoms with E-state index in [-0.39, 0.29) is 0 Å². The molecule has 1 saturated heterocycles. The maximum absolute atomic E-state index is 4.72. The molecule has 3 heterocycles. The maximum atomic E-state index is 4.72. The summed E-state index contributed by atoms with van der Waals surface area (Å²) in [5, 5.41) is 0. The Morgan fingerprint density at radius 3 is 2.94 bits per heavy atom. The molecular weight excluding hydrogens is 290 g/mol. The molecule has 4 heteroatoms. The zero-order valence-electron chi connectivity index (χ0n) is 10.8. The van der Waals surface area contributed by atoms with Crippen LogP contribution in [0.2, 0.25) is 0 Å². The van der Waals surface area contributed by atoms with E-state index < -0.39 is 0 Å². The highest BCUT2D eigenvalue weighted by atomic mass is 79.9. The minimum absolute atomic E-state index is 0.550. The van der Waals surface area contributed by atoms with Crippen LogP contribution in [0.3, 0.4) is 0 Å². The van der Waals surface area contributed by atoms with E-state index in [9.17, 15) is 0 Å². The van der Waals surface area contributed by atoms with E-state index in [0.717, 1.165) is 16.7 Å². The molecule has 2 aromatic rings. The smallest absolute Gasteiger partial charge is 0.132 e. The summed E-state index contributed by atoms with van der Waals surface area (Å²) in [6.07, 6.45) is 3.32. The van der Waals surface area contributed by atoms with E-state index in [1.807, 2.05) is 0 Å². The van der Waals surface area contributed by atoms with Crippen molar-refractivity contribution in [2.75, 3.05) is 13.1 Å². The number of rotatable bonds is 2. The van der Waals surface area contributed by atoms with Gasteiger partial charge in [0.25, 0.3) is 0 Å². The predicted molar refractivity (Wildman–Crippen MR) is 77.0 cm³/mol. The lowest BCUT2D eigenvalue weighted by atomic mass is 10.1. The standard InChI is InChI=1S/C14H18BrN3/c1-10(2)17-8-6-11(9-17)14-16-13(15)12-5-3-4-7-18(12)14/h3-5,7,10-11H,6,8-9H2,1-2H3. The number of hydrogen-bond donors (Lipinski definition) is 0. The second kappa shape index (κ2) is 4.67. The Balaban J connectivity index is 1.96. The molecule has 0 bridgehead atoms. The van der Waals surface area contributed by atoms with E-state index >= 15 is 0 Å². The van der Waals surface area contributed by atoms with Crippen molar-refractivity contribution in [1.82, 2.24) is 14.3 Å². The minimum atomic E-state index is 0.550. The molecule has 0 aromatic carbocycles. The van der Waals surface area contributed by atoms with Gasteiger partial charge in [-0.05, 0) is 54.9 Å². The lowest BCUT2D eigenvalue weighted by Crippen LogP contribution is -2.28. The van der Waals surface area contributed by atoms with Crippen LogP contribution < -0.4 is 0 Å². The normalized spacial score (nSPS) is 21.2. The number of halogens is 1. The maximum Gasteiger partial charge on any atom is 0.132 e. The average molecular weight is 308 g/mol. The fourth-order valence-electron chi connectivity index (χ4n) is 2.78. The highest BCUT2D eigenvalue weighted by Crippen LogP contribution is 2.30. The molecule has 1 fully saturated rings. The molecule has 0 radical (unpaired) electrons. The van der Waals surface area contributed by atoms with Crippen molar-refractivity contribution in [3.63, 3.8) is 0 Å². The van der Waals surface area contributed by atoms with Crippen molar-refractivity contribution in [2.45, 2.75) is 32.2 Å². The van der Waals surface area contributed by atoms with Crippen molar-refractivity contribution < 1.29 is 0 Å². The molecule has 0 spiro atoms. The van der Waals surface area contributed by atoms with Crippen LogP contribution in [0.5, 0.6) is 0 Å². The number of imidazole rings is 1. The van der Waals surface area contributed by atoms with Gasteiger partial charge in [0.15, 0.2) is 0 Å². The summed E-state index contributed by atoms with van der Waals surface area (Å²) in [7, 11) is 0. The predicted octanol–water partition coefficient (Wildman–Crippen LogP) is 3.29. The van der Waals surface area contributed by atoms with Crippen LogP contribution >= 0.6 is 15.9 Å². The van der Waals surface area contributed by atoms with E-state index in [4.69, 9.17) is 4.98 Å². The third kappa shape index (κ3) is 1.97. The molecule has 3 nitrogen and oxygen atoms in total. The molecule has 1 aliphatic heterocycles.